The summed E-state index contributed by atoms with van der Waals surface area (Å²) in [4.78, 5) is 26.3. The minimum Gasteiger partial charge on any atom is -0.461 e. The van der Waals surface area contributed by atoms with E-state index in [1.165, 1.54) is 0 Å². The maximum atomic E-state index is 12.4. The molecular formula is C16H23NO4. The van der Waals surface area contributed by atoms with Gasteiger partial charge in [0.05, 0.1) is 17.8 Å². The third-order valence-electron chi connectivity index (χ3n) is 3.58. The summed E-state index contributed by atoms with van der Waals surface area (Å²) < 4.78 is 10.6. The minimum absolute atomic E-state index is 0.154. The van der Waals surface area contributed by atoms with Crippen molar-refractivity contribution in [3.05, 3.63) is 23.9 Å². The van der Waals surface area contributed by atoms with E-state index in [9.17, 15) is 9.59 Å². The van der Waals surface area contributed by atoms with Gasteiger partial charge in [-0.25, -0.2) is 9.59 Å². The summed E-state index contributed by atoms with van der Waals surface area (Å²) in [6, 6.07) is 0. The van der Waals surface area contributed by atoms with Gasteiger partial charge >= 0.3 is 11.9 Å². The van der Waals surface area contributed by atoms with Crippen molar-refractivity contribution in [2.45, 2.75) is 58.3 Å². The highest BCUT2D eigenvalue weighted by Gasteiger charge is 2.47. The fourth-order valence-electron chi connectivity index (χ4n) is 2.67. The molecule has 0 N–H and O–H groups in total. The molecule has 0 radical (unpaired) electrons. The molecule has 0 spiro atoms. The van der Waals surface area contributed by atoms with Crippen molar-refractivity contribution in [3.63, 3.8) is 0 Å². The van der Waals surface area contributed by atoms with Gasteiger partial charge in [0.25, 0.3) is 0 Å². The van der Waals surface area contributed by atoms with Crippen LogP contribution >= 0.6 is 0 Å². The van der Waals surface area contributed by atoms with Crippen molar-refractivity contribution >= 4 is 11.9 Å². The first-order chi connectivity index (χ1) is 9.85. The van der Waals surface area contributed by atoms with Crippen LogP contribution in [0.3, 0.4) is 0 Å². The number of esters is 2. The number of ether oxygens (including phenoxy) is 2. The van der Waals surface area contributed by atoms with E-state index in [2.05, 4.69) is 0 Å². The summed E-state index contributed by atoms with van der Waals surface area (Å²) in [6.07, 6.45) is 6.45. The van der Waals surface area contributed by atoms with Gasteiger partial charge in [0.2, 0.25) is 0 Å². The lowest BCUT2D eigenvalue weighted by atomic mass is 9.92. The molecule has 0 saturated carbocycles. The monoisotopic (exact) mass is 293 g/mol. The Morgan fingerprint density at radius 3 is 2.48 bits per heavy atom. The molecule has 2 heterocycles. The quantitative estimate of drug-likeness (QED) is 0.744. The molecule has 2 aliphatic rings. The van der Waals surface area contributed by atoms with Crippen molar-refractivity contribution in [1.29, 1.82) is 0 Å². The van der Waals surface area contributed by atoms with Gasteiger partial charge in [-0.15, -0.1) is 0 Å². The predicted octanol–water partition coefficient (Wildman–Crippen LogP) is 2.18. The van der Waals surface area contributed by atoms with Gasteiger partial charge in [-0.05, 0) is 52.7 Å². The van der Waals surface area contributed by atoms with Crippen LogP contribution in [0, 0.1) is 0 Å². The zero-order valence-corrected chi connectivity index (χ0v) is 13.1. The van der Waals surface area contributed by atoms with E-state index in [1.807, 2.05) is 32.6 Å². The molecule has 0 aromatic heterocycles. The van der Waals surface area contributed by atoms with E-state index in [-0.39, 0.29) is 24.1 Å². The van der Waals surface area contributed by atoms with E-state index in [0.717, 1.165) is 13.0 Å². The zero-order valence-electron chi connectivity index (χ0n) is 13.1. The maximum Gasteiger partial charge on any atom is 0.339 e. The Morgan fingerprint density at radius 1 is 1.19 bits per heavy atom. The summed E-state index contributed by atoms with van der Waals surface area (Å²) in [6.45, 7) is 8.02. The van der Waals surface area contributed by atoms with Gasteiger partial charge < -0.3 is 14.4 Å². The van der Waals surface area contributed by atoms with Crippen LogP contribution in [-0.2, 0) is 19.1 Å². The number of carbonyl (C=O) groups is 2. The Hall–Kier alpha value is -1.78. The van der Waals surface area contributed by atoms with Crippen LogP contribution < -0.4 is 0 Å². The largest absolute Gasteiger partial charge is 0.461 e. The maximum absolute atomic E-state index is 12.4. The summed E-state index contributed by atoms with van der Waals surface area (Å²) in [5, 5.41) is 0. The third-order valence-corrected chi connectivity index (χ3v) is 3.58. The van der Waals surface area contributed by atoms with Crippen LogP contribution in [0.25, 0.3) is 0 Å². The fraction of sp³-hybridized carbons (Fsp3) is 0.625. The first-order valence-corrected chi connectivity index (χ1v) is 7.45. The molecule has 0 amide bonds. The first kappa shape index (κ1) is 15.6. The number of hydrogen-bond donors (Lipinski definition) is 0. The number of rotatable bonds is 4. The molecule has 2 aliphatic heterocycles. The SMILES string of the molecule is CC(C)OC(=O)C1=CN2CCC[C@]2(C(=O)OC(C)C)C=C1. The third kappa shape index (κ3) is 3.12. The molecular weight excluding hydrogens is 270 g/mol. The second-order valence-corrected chi connectivity index (χ2v) is 6.05. The number of carbonyl (C=O) groups excluding carboxylic acids is 2. The smallest absolute Gasteiger partial charge is 0.339 e. The number of hydrogen-bond acceptors (Lipinski definition) is 5. The van der Waals surface area contributed by atoms with Crippen LogP contribution in [0.15, 0.2) is 23.9 Å². The van der Waals surface area contributed by atoms with E-state index in [1.54, 1.807) is 18.4 Å². The molecule has 0 aliphatic carbocycles. The van der Waals surface area contributed by atoms with E-state index in [0.29, 0.717) is 12.0 Å². The molecule has 0 aromatic carbocycles. The summed E-state index contributed by atoms with van der Waals surface area (Å²) >= 11 is 0. The standard InChI is InChI=1S/C16H23NO4/c1-11(2)20-14(18)13-6-8-16(15(19)21-12(3)4)7-5-9-17(16)10-13/h6,8,10-12H,5,7,9H2,1-4H3/t16-/m1/s1. The lowest BCUT2D eigenvalue weighted by Gasteiger charge is -2.36. The van der Waals surface area contributed by atoms with Crippen LogP contribution in [0.5, 0.6) is 0 Å². The molecule has 1 atom stereocenters. The molecule has 0 aromatic rings. The Labute approximate surface area is 125 Å². The zero-order chi connectivity index (χ0) is 15.6. The second kappa shape index (κ2) is 5.92. The van der Waals surface area contributed by atoms with Gasteiger partial charge in [0.1, 0.15) is 0 Å². The Kier molecular flexibility index (Phi) is 4.40. The lowest BCUT2D eigenvalue weighted by molar-refractivity contribution is -0.156. The highest BCUT2D eigenvalue weighted by Crippen LogP contribution is 2.36. The molecule has 21 heavy (non-hydrogen) atoms. The Balaban J connectivity index is 2.18. The van der Waals surface area contributed by atoms with Crippen molar-refractivity contribution in [2.75, 3.05) is 6.54 Å². The molecule has 1 saturated heterocycles. The first-order valence-electron chi connectivity index (χ1n) is 7.45. The lowest BCUT2D eigenvalue weighted by Crippen LogP contribution is -2.49. The highest BCUT2D eigenvalue weighted by molar-refractivity contribution is 5.94. The molecule has 5 heteroatoms. The Morgan fingerprint density at radius 2 is 1.86 bits per heavy atom. The fourth-order valence-corrected chi connectivity index (χ4v) is 2.67. The van der Waals surface area contributed by atoms with Crippen molar-refractivity contribution in [1.82, 2.24) is 4.90 Å². The minimum atomic E-state index is -0.758. The van der Waals surface area contributed by atoms with Crippen LogP contribution in [-0.4, -0.2) is 41.1 Å². The molecule has 0 unspecified atom stereocenters. The summed E-state index contributed by atoms with van der Waals surface area (Å²) in [5.74, 6) is -0.613. The molecule has 0 bridgehead atoms. The van der Waals surface area contributed by atoms with Gasteiger partial charge in [0.15, 0.2) is 5.54 Å². The Bertz CT molecular complexity index is 493. The summed E-state index contributed by atoms with van der Waals surface area (Å²) in [5.41, 5.74) is -0.287. The van der Waals surface area contributed by atoms with Crippen molar-refractivity contribution < 1.29 is 19.1 Å². The van der Waals surface area contributed by atoms with Crippen LogP contribution in [0.1, 0.15) is 40.5 Å². The number of nitrogens with zero attached hydrogens (tertiary/aromatic N) is 1. The van der Waals surface area contributed by atoms with E-state index < -0.39 is 5.54 Å². The summed E-state index contributed by atoms with van der Waals surface area (Å²) in [7, 11) is 0. The van der Waals surface area contributed by atoms with Gasteiger partial charge in [-0.3, -0.25) is 0 Å². The van der Waals surface area contributed by atoms with Gasteiger partial charge in [0, 0.05) is 12.7 Å². The number of fused-ring (bicyclic) bond motifs is 1. The average molecular weight is 293 g/mol. The van der Waals surface area contributed by atoms with Crippen LogP contribution in [0.2, 0.25) is 0 Å². The molecule has 2 rings (SSSR count). The average Bonchev–Trinajstić information content (AvgIpc) is 2.80. The molecule has 116 valence electrons. The molecule has 1 fully saturated rings. The van der Waals surface area contributed by atoms with Gasteiger partial charge in [-0.2, -0.15) is 0 Å². The van der Waals surface area contributed by atoms with Crippen molar-refractivity contribution in [2.24, 2.45) is 0 Å². The second-order valence-electron chi connectivity index (χ2n) is 6.05. The van der Waals surface area contributed by atoms with E-state index in [4.69, 9.17) is 9.47 Å². The van der Waals surface area contributed by atoms with Crippen molar-refractivity contribution in [3.8, 4) is 0 Å². The normalized spacial score (nSPS) is 24.1. The predicted molar refractivity (Wildman–Crippen MR) is 78.4 cm³/mol. The highest BCUT2D eigenvalue weighted by atomic mass is 16.5. The van der Waals surface area contributed by atoms with Gasteiger partial charge in [-0.1, -0.05) is 0 Å². The molecule has 5 nitrogen and oxygen atoms in total. The van der Waals surface area contributed by atoms with Crippen LogP contribution in [0.4, 0.5) is 0 Å². The topological polar surface area (TPSA) is 55.8 Å². The van der Waals surface area contributed by atoms with E-state index >= 15 is 0 Å².